The van der Waals surface area contributed by atoms with Crippen LogP contribution in [-0.2, 0) is 28.7 Å². The average Bonchev–Trinajstić information content (AvgIpc) is 3.36. The van der Waals surface area contributed by atoms with E-state index < -0.39 is 16.4 Å². The molecule has 1 aliphatic rings. The normalized spacial score (nSPS) is 12.5. The van der Waals surface area contributed by atoms with Crippen molar-refractivity contribution >= 4 is 41.6 Å². The maximum atomic E-state index is 5.93. The number of hydrogen-bond acceptors (Lipinski definition) is 1. The van der Waals surface area contributed by atoms with Crippen LogP contribution in [0.4, 0.5) is 0 Å². The smallest absolute Gasteiger partial charge is 0.183 e. The van der Waals surface area contributed by atoms with Crippen LogP contribution in [0.1, 0.15) is 13.3 Å². The molecule has 3 aromatic rings. The van der Waals surface area contributed by atoms with Crippen LogP contribution in [0, 0.1) is 6.08 Å². The van der Waals surface area contributed by atoms with E-state index in [2.05, 4.69) is 109 Å². The third-order valence-corrected chi connectivity index (χ3v) is 9.53. The first kappa shape index (κ1) is 32.5. The summed E-state index contributed by atoms with van der Waals surface area (Å²) < 4.78 is 8.02. The third kappa shape index (κ3) is 10.8. The molecule has 0 heterocycles. The summed E-state index contributed by atoms with van der Waals surface area (Å²) in [5.74, 6) is 0. The Morgan fingerprint density at radius 3 is 1.85 bits per heavy atom. The van der Waals surface area contributed by atoms with E-state index in [1.165, 1.54) is 57.0 Å². The number of benzene rings is 2. The molecular weight excluding hydrogens is 559 g/mol. The van der Waals surface area contributed by atoms with Crippen molar-refractivity contribution in [3.05, 3.63) is 78.0 Å². The van der Waals surface area contributed by atoms with Crippen molar-refractivity contribution in [1.82, 2.24) is 0 Å². The summed E-state index contributed by atoms with van der Waals surface area (Å²) in [5.41, 5.74) is 0. The van der Waals surface area contributed by atoms with Crippen LogP contribution < -0.4 is 24.8 Å². The predicted molar refractivity (Wildman–Crippen MR) is 141 cm³/mol. The number of rotatable bonds is 5. The standard InChI is InChI=1S/C13H9.C12H23OSi2.C2H4.2ClH.Zr/c1-3-7-12-10(5-1)9-11-6-2-4-8-13(11)12;1-14(2,3)13-10-11-15(4,5)12-8-6-7-9-12;1-2;;;/h1-9H;6,8H,7,10-11H2,1-5H3;1H,2H3;2*1H;/q2*-1;;;;+2/p-2. The summed E-state index contributed by atoms with van der Waals surface area (Å²) in [5, 5.41) is 6.88. The summed E-state index contributed by atoms with van der Waals surface area (Å²) in [6.07, 6.45) is 8.96. The van der Waals surface area contributed by atoms with E-state index in [1.807, 2.05) is 6.92 Å². The molecule has 4 rings (SSSR count). The van der Waals surface area contributed by atoms with Gasteiger partial charge in [-0.2, -0.15) is 6.08 Å². The minimum absolute atomic E-state index is 0. The fourth-order valence-corrected chi connectivity index (χ4v) is 6.47. The largest absolute Gasteiger partial charge is 1.00 e. The SMILES string of the molecule is C[CH]=[Zr+2].C[Si](C)(C)OCC[Si](C)(C)C1=[C-]CC=C1.[Cl-].[Cl-].c1ccc2c(c1)[cH-]c1ccccc12. The Bertz CT molecular complexity index is 999. The zero-order chi connectivity index (χ0) is 22.9. The molecule has 0 aliphatic heterocycles. The van der Waals surface area contributed by atoms with Crippen molar-refractivity contribution in [3.63, 3.8) is 0 Å². The number of allylic oxidation sites excluding steroid dienone is 4. The van der Waals surface area contributed by atoms with Gasteiger partial charge in [-0.3, -0.25) is 6.08 Å². The topological polar surface area (TPSA) is 9.23 Å². The van der Waals surface area contributed by atoms with Crippen LogP contribution in [0.2, 0.25) is 38.8 Å². The molecule has 0 aromatic heterocycles. The van der Waals surface area contributed by atoms with Gasteiger partial charge in [-0.05, 0) is 25.7 Å². The second-order valence-corrected chi connectivity index (χ2v) is 20.1. The summed E-state index contributed by atoms with van der Waals surface area (Å²) in [6.45, 7) is 14.6. The Kier molecular flexibility index (Phi) is 15.3. The van der Waals surface area contributed by atoms with Gasteiger partial charge in [0.05, 0.1) is 0 Å². The van der Waals surface area contributed by atoms with E-state index in [-0.39, 0.29) is 24.8 Å². The molecule has 0 amide bonds. The monoisotopic (exact) mass is 592 g/mol. The maximum Gasteiger partial charge on any atom is 0.183 e. The van der Waals surface area contributed by atoms with E-state index in [0.717, 1.165) is 13.0 Å². The summed E-state index contributed by atoms with van der Waals surface area (Å²) >= 11 is 1.51. The van der Waals surface area contributed by atoms with Crippen molar-refractivity contribution in [2.24, 2.45) is 0 Å². The third-order valence-electron chi connectivity index (χ3n) is 5.21. The van der Waals surface area contributed by atoms with Crippen molar-refractivity contribution in [1.29, 1.82) is 0 Å². The van der Waals surface area contributed by atoms with Gasteiger partial charge >= 0.3 is 34.9 Å². The molecule has 1 aliphatic carbocycles. The molecule has 3 aromatic carbocycles. The number of fused-ring (bicyclic) bond motifs is 3. The van der Waals surface area contributed by atoms with Crippen LogP contribution in [0.15, 0.2) is 71.9 Å². The molecule has 1 nitrogen and oxygen atoms in total. The quantitative estimate of drug-likeness (QED) is 0.324. The van der Waals surface area contributed by atoms with Crippen LogP contribution in [-0.4, -0.2) is 26.7 Å². The zero-order valence-corrected chi connectivity index (χ0v) is 26.7. The zero-order valence-electron chi connectivity index (χ0n) is 20.7. The molecule has 0 fully saturated rings. The van der Waals surface area contributed by atoms with E-state index in [4.69, 9.17) is 4.43 Å². The first-order chi connectivity index (χ1) is 14.7. The summed E-state index contributed by atoms with van der Waals surface area (Å²) in [4.78, 5) is 0. The van der Waals surface area contributed by atoms with Gasteiger partial charge < -0.3 is 29.2 Å². The first-order valence-corrected chi connectivity index (χ1v) is 19.1. The Morgan fingerprint density at radius 1 is 0.939 bits per heavy atom. The second-order valence-electron chi connectivity index (χ2n) is 9.40. The fourth-order valence-electron chi connectivity index (χ4n) is 3.52. The molecule has 0 atom stereocenters. The van der Waals surface area contributed by atoms with Gasteiger partial charge in [0.2, 0.25) is 0 Å². The maximum absolute atomic E-state index is 5.93. The van der Waals surface area contributed by atoms with E-state index in [9.17, 15) is 0 Å². The second kappa shape index (κ2) is 15.5. The van der Waals surface area contributed by atoms with Gasteiger partial charge in [-0.25, -0.2) is 11.3 Å². The Morgan fingerprint density at radius 2 is 1.42 bits per heavy atom. The van der Waals surface area contributed by atoms with Gasteiger partial charge in [0, 0.05) is 14.7 Å². The van der Waals surface area contributed by atoms with E-state index in [1.54, 1.807) is 0 Å². The van der Waals surface area contributed by atoms with Crippen molar-refractivity contribution in [3.8, 4) is 0 Å². The van der Waals surface area contributed by atoms with Crippen LogP contribution >= 0.6 is 0 Å². The van der Waals surface area contributed by atoms with Crippen LogP contribution in [0.25, 0.3) is 21.5 Å². The molecule has 0 saturated carbocycles. The van der Waals surface area contributed by atoms with Crippen molar-refractivity contribution in [2.45, 2.75) is 52.1 Å². The molecule has 0 spiro atoms. The molecule has 0 bridgehead atoms. The molecule has 33 heavy (non-hydrogen) atoms. The summed E-state index contributed by atoms with van der Waals surface area (Å²) in [6, 6.07) is 20.5. The Balaban J connectivity index is 0.000000528. The summed E-state index contributed by atoms with van der Waals surface area (Å²) in [7, 11) is -2.58. The Labute approximate surface area is 230 Å². The van der Waals surface area contributed by atoms with Gasteiger partial charge in [0.25, 0.3) is 0 Å². The molecule has 0 N–H and O–H groups in total. The average molecular weight is 595 g/mol. The number of hydrogen-bond donors (Lipinski definition) is 0. The van der Waals surface area contributed by atoms with Crippen molar-refractivity contribution < 1.29 is 53.5 Å². The fraction of sp³-hybridized carbons (Fsp3) is 0.333. The van der Waals surface area contributed by atoms with Gasteiger partial charge in [0.15, 0.2) is 8.32 Å². The molecule has 6 heteroatoms. The van der Waals surface area contributed by atoms with Gasteiger partial charge in [-0.1, -0.05) is 49.5 Å². The predicted octanol–water partition coefficient (Wildman–Crippen LogP) is 1.85. The van der Waals surface area contributed by atoms with E-state index in [0.29, 0.717) is 0 Å². The Hall–Kier alpha value is -0.483. The minimum atomic E-state index is -1.32. The molecule has 0 radical (unpaired) electrons. The van der Waals surface area contributed by atoms with Crippen LogP contribution in [0.5, 0.6) is 0 Å². The van der Waals surface area contributed by atoms with Gasteiger partial charge in [0.1, 0.15) is 0 Å². The molecule has 178 valence electrons. The molecular formula is C27H36Cl2OSi2Zr-2. The molecule has 0 saturated heterocycles. The van der Waals surface area contributed by atoms with Gasteiger partial charge in [-0.15, -0.1) is 46.2 Å². The first-order valence-electron chi connectivity index (χ1n) is 11.1. The molecule has 0 unspecified atom stereocenters. The minimum Gasteiger partial charge on any atom is -1.00 e. The number of halogens is 2. The van der Waals surface area contributed by atoms with E-state index >= 15 is 0 Å². The van der Waals surface area contributed by atoms with Crippen LogP contribution in [0.3, 0.4) is 0 Å². The van der Waals surface area contributed by atoms with Crippen molar-refractivity contribution in [2.75, 3.05) is 6.61 Å².